The van der Waals surface area contributed by atoms with Gasteiger partial charge in [0.05, 0.1) is 14.1 Å². The van der Waals surface area contributed by atoms with Crippen LogP contribution in [0.2, 0.25) is 19.6 Å². The van der Waals surface area contributed by atoms with E-state index >= 15 is 0 Å². The lowest BCUT2D eigenvalue weighted by Gasteiger charge is -2.14. The number of rotatable bonds is 2. The molecule has 1 saturated heterocycles. The number of nitrogens with zero attached hydrogens (tertiary/aromatic N) is 1. The van der Waals surface area contributed by atoms with Crippen LogP contribution in [0.5, 0.6) is 0 Å². The van der Waals surface area contributed by atoms with Crippen LogP contribution in [0.25, 0.3) is 0 Å². The SMILES string of the molecule is C[Si](C)(C)/C=C/[C@H]1[C@H]2c3ccccc3CCN21. The molecule has 3 rings (SSSR count). The van der Waals surface area contributed by atoms with Crippen molar-refractivity contribution in [1.29, 1.82) is 0 Å². The van der Waals surface area contributed by atoms with E-state index in [4.69, 9.17) is 0 Å². The largest absolute Gasteiger partial charge is 0.286 e. The van der Waals surface area contributed by atoms with Crippen molar-refractivity contribution in [1.82, 2.24) is 4.90 Å². The first-order valence-corrected chi connectivity index (χ1v) is 10.2. The van der Waals surface area contributed by atoms with Gasteiger partial charge in [-0.15, -0.1) is 0 Å². The summed E-state index contributed by atoms with van der Waals surface area (Å²) in [7, 11) is -1.04. The van der Waals surface area contributed by atoms with Crippen LogP contribution in [0, 0.1) is 0 Å². The van der Waals surface area contributed by atoms with Gasteiger partial charge in [0.25, 0.3) is 0 Å². The molecular weight excluding hydrogens is 222 g/mol. The third kappa shape index (κ3) is 2.12. The molecule has 1 aromatic carbocycles. The Morgan fingerprint density at radius 2 is 2.00 bits per heavy atom. The lowest BCUT2D eigenvalue weighted by Crippen LogP contribution is -2.16. The van der Waals surface area contributed by atoms with E-state index in [-0.39, 0.29) is 0 Å². The standard InChI is InChI=1S/C15H21NSi/c1-17(2,3)11-9-14-15-13-7-5-4-6-12(13)8-10-16(14)15/h4-7,9,11,14-15H,8,10H2,1-3H3/b11-9+/t14-,15+,16?/m0/s1. The number of benzene rings is 1. The Morgan fingerprint density at radius 1 is 1.24 bits per heavy atom. The van der Waals surface area contributed by atoms with E-state index in [9.17, 15) is 0 Å². The van der Waals surface area contributed by atoms with Gasteiger partial charge < -0.3 is 0 Å². The third-order valence-corrected chi connectivity index (χ3v) is 4.97. The second-order valence-electron chi connectivity index (χ2n) is 6.35. The zero-order valence-corrected chi connectivity index (χ0v) is 12.0. The summed E-state index contributed by atoms with van der Waals surface area (Å²) in [6.45, 7) is 8.44. The van der Waals surface area contributed by atoms with E-state index in [1.807, 2.05) is 0 Å². The Balaban J connectivity index is 1.81. The molecule has 0 N–H and O–H groups in total. The smallest absolute Gasteiger partial charge is 0.0683 e. The van der Waals surface area contributed by atoms with Crippen molar-refractivity contribution in [3.63, 3.8) is 0 Å². The molecule has 0 aromatic heterocycles. The summed E-state index contributed by atoms with van der Waals surface area (Å²) in [6, 6.07) is 10.3. The summed E-state index contributed by atoms with van der Waals surface area (Å²) in [4.78, 5) is 2.62. The Bertz CT molecular complexity index is 458. The van der Waals surface area contributed by atoms with Gasteiger partial charge in [-0.2, -0.15) is 0 Å². The molecule has 1 aromatic rings. The Kier molecular flexibility index (Phi) is 2.53. The highest BCUT2D eigenvalue weighted by atomic mass is 28.3. The Hall–Kier alpha value is -0.863. The Labute approximate surface area is 105 Å². The van der Waals surface area contributed by atoms with Crippen LogP contribution in [0.15, 0.2) is 36.0 Å². The number of hydrogen-bond acceptors (Lipinski definition) is 1. The first-order valence-electron chi connectivity index (χ1n) is 6.59. The van der Waals surface area contributed by atoms with Gasteiger partial charge in [-0.3, -0.25) is 4.90 Å². The molecule has 1 unspecified atom stereocenters. The van der Waals surface area contributed by atoms with E-state index in [2.05, 4.69) is 60.6 Å². The molecule has 90 valence electrons. The molecule has 1 fully saturated rings. The van der Waals surface area contributed by atoms with Crippen LogP contribution >= 0.6 is 0 Å². The summed E-state index contributed by atoms with van der Waals surface area (Å²) in [5, 5.41) is 0. The molecule has 0 spiro atoms. The second kappa shape index (κ2) is 3.82. The Morgan fingerprint density at radius 3 is 2.76 bits per heavy atom. The highest BCUT2D eigenvalue weighted by Gasteiger charge is 2.49. The van der Waals surface area contributed by atoms with E-state index in [0.717, 1.165) is 0 Å². The van der Waals surface area contributed by atoms with Crippen molar-refractivity contribution in [2.75, 3.05) is 6.54 Å². The fourth-order valence-corrected chi connectivity index (χ4v) is 3.62. The van der Waals surface area contributed by atoms with Gasteiger partial charge in [-0.25, -0.2) is 0 Å². The highest BCUT2D eigenvalue weighted by molar-refractivity contribution is 6.80. The minimum atomic E-state index is -1.04. The minimum absolute atomic E-state index is 0.686. The predicted octanol–water partition coefficient (Wildman–Crippen LogP) is 3.40. The summed E-state index contributed by atoms with van der Waals surface area (Å²) in [6.07, 6.45) is 3.70. The van der Waals surface area contributed by atoms with Crippen molar-refractivity contribution in [2.24, 2.45) is 0 Å². The van der Waals surface area contributed by atoms with Crippen molar-refractivity contribution < 1.29 is 0 Å². The fourth-order valence-electron chi connectivity index (χ4n) is 2.85. The molecule has 0 saturated carbocycles. The molecule has 2 aliphatic rings. The van der Waals surface area contributed by atoms with E-state index in [1.54, 1.807) is 11.1 Å². The average molecular weight is 243 g/mol. The van der Waals surface area contributed by atoms with Crippen LogP contribution in [0.3, 0.4) is 0 Å². The summed E-state index contributed by atoms with van der Waals surface area (Å²) in [5.74, 6) is 0. The van der Waals surface area contributed by atoms with Gasteiger partial charge in [-0.05, 0) is 17.5 Å². The lowest BCUT2D eigenvalue weighted by molar-refractivity contribution is 0.480. The maximum absolute atomic E-state index is 2.62. The first kappa shape index (κ1) is 11.2. The van der Waals surface area contributed by atoms with Gasteiger partial charge in [-0.1, -0.05) is 55.7 Å². The normalized spacial score (nSPS) is 31.1. The molecule has 2 heteroatoms. The lowest BCUT2D eigenvalue weighted by atomic mass is 9.99. The number of fused-ring (bicyclic) bond motifs is 3. The van der Waals surface area contributed by atoms with E-state index in [0.29, 0.717) is 12.1 Å². The van der Waals surface area contributed by atoms with Crippen molar-refractivity contribution in [2.45, 2.75) is 38.1 Å². The first-order chi connectivity index (χ1) is 8.06. The fraction of sp³-hybridized carbons (Fsp3) is 0.467. The molecule has 0 bridgehead atoms. The third-order valence-electron chi connectivity index (χ3n) is 3.78. The van der Waals surface area contributed by atoms with Crippen molar-refractivity contribution in [3.05, 3.63) is 47.2 Å². The summed E-state index contributed by atoms with van der Waals surface area (Å²) >= 11 is 0. The van der Waals surface area contributed by atoms with Crippen molar-refractivity contribution in [3.8, 4) is 0 Å². The van der Waals surface area contributed by atoms with Crippen LogP contribution in [0.1, 0.15) is 17.2 Å². The molecule has 1 nitrogen and oxygen atoms in total. The van der Waals surface area contributed by atoms with Gasteiger partial charge in [0, 0.05) is 12.6 Å². The van der Waals surface area contributed by atoms with Crippen LogP contribution in [0.4, 0.5) is 0 Å². The van der Waals surface area contributed by atoms with Gasteiger partial charge >= 0.3 is 0 Å². The quantitative estimate of drug-likeness (QED) is 0.568. The zero-order valence-electron chi connectivity index (χ0n) is 11.0. The van der Waals surface area contributed by atoms with E-state index < -0.39 is 8.07 Å². The zero-order chi connectivity index (χ0) is 12.0. The number of hydrogen-bond donors (Lipinski definition) is 0. The minimum Gasteiger partial charge on any atom is -0.286 e. The molecular formula is C15H21NSi. The molecule has 0 aliphatic carbocycles. The van der Waals surface area contributed by atoms with E-state index in [1.165, 1.54) is 13.0 Å². The van der Waals surface area contributed by atoms with Crippen LogP contribution < -0.4 is 0 Å². The molecule has 2 aliphatic heterocycles. The van der Waals surface area contributed by atoms with Crippen LogP contribution in [-0.2, 0) is 6.42 Å². The van der Waals surface area contributed by atoms with Gasteiger partial charge in [0.2, 0.25) is 0 Å². The molecule has 2 heterocycles. The maximum Gasteiger partial charge on any atom is 0.0683 e. The topological polar surface area (TPSA) is 3.01 Å². The predicted molar refractivity (Wildman–Crippen MR) is 75.9 cm³/mol. The average Bonchev–Trinajstić information content (AvgIpc) is 2.99. The molecule has 0 amide bonds. The highest BCUT2D eigenvalue weighted by Crippen LogP contribution is 2.48. The maximum atomic E-state index is 2.62. The van der Waals surface area contributed by atoms with Gasteiger partial charge in [0.15, 0.2) is 0 Å². The second-order valence-corrected chi connectivity index (χ2v) is 11.4. The van der Waals surface area contributed by atoms with Crippen molar-refractivity contribution >= 4 is 8.07 Å². The van der Waals surface area contributed by atoms with Crippen LogP contribution in [-0.4, -0.2) is 25.6 Å². The molecule has 17 heavy (non-hydrogen) atoms. The molecule has 0 radical (unpaired) electrons. The summed E-state index contributed by atoms with van der Waals surface area (Å²) < 4.78 is 0. The summed E-state index contributed by atoms with van der Waals surface area (Å²) in [5.41, 5.74) is 5.64. The van der Waals surface area contributed by atoms with Gasteiger partial charge in [0.1, 0.15) is 0 Å². The monoisotopic (exact) mass is 243 g/mol. The molecule has 3 atom stereocenters.